The number of piperazine rings is 1. The van der Waals surface area contributed by atoms with Crippen LogP contribution in [-0.2, 0) is 15.8 Å². The quantitative estimate of drug-likeness (QED) is 0.844. The molecule has 0 atom stereocenters. The van der Waals surface area contributed by atoms with Gasteiger partial charge in [0.05, 0.1) is 5.75 Å². The van der Waals surface area contributed by atoms with E-state index in [9.17, 15) is 8.42 Å². The second kappa shape index (κ2) is 6.86. The van der Waals surface area contributed by atoms with Crippen molar-refractivity contribution in [3.63, 3.8) is 0 Å². The van der Waals surface area contributed by atoms with Crippen LogP contribution in [0.5, 0.6) is 0 Å². The van der Waals surface area contributed by atoms with E-state index in [2.05, 4.69) is 14.9 Å². The van der Waals surface area contributed by atoms with Gasteiger partial charge >= 0.3 is 0 Å². The van der Waals surface area contributed by atoms with Gasteiger partial charge in [-0.1, -0.05) is 29.8 Å². The Labute approximate surface area is 143 Å². The maximum atomic E-state index is 12.7. The predicted octanol–water partition coefficient (Wildman–Crippen LogP) is 1.75. The van der Waals surface area contributed by atoms with Gasteiger partial charge in [-0.05, 0) is 19.4 Å². The molecular formula is C17H22N4O2S. The molecule has 2 aromatic rings. The molecule has 24 heavy (non-hydrogen) atoms. The fraction of sp³-hybridized carbons (Fsp3) is 0.412. The van der Waals surface area contributed by atoms with Gasteiger partial charge in [-0.3, -0.25) is 0 Å². The molecular weight excluding hydrogens is 324 g/mol. The van der Waals surface area contributed by atoms with Gasteiger partial charge in [-0.25, -0.2) is 18.4 Å². The van der Waals surface area contributed by atoms with Gasteiger partial charge in [0.2, 0.25) is 10.0 Å². The van der Waals surface area contributed by atoms with Gasteiger partial charge in [0.15, 0.2) is 0 Å². The summed E-state index contributed by atoms with van der Waals surface area (Å²) in [6.45, 7) is 6.19. The molecule has 0 unspecified atom stereocenters. The first-order valence-electron chi connectivity index (χ1n) is 8.00. The van der Waals surface area contributed by atoms with Crippen molar-refractivity contribution in [2.75, 3.05) is 31.1 Å². The number of rotatable bonds is 4. The molecule has 1 aromatic carbocycles. The molecule has 0 bridgehead atoms. The molecule has 1 aliphatic heterocycles. The van der Waals surface area contributed by atoms with Crippen LogP contribution < -0.4 is 4.90 Å². The summed E-state index contributed by atoms with van der Waals surface area (Å²) < 4.78 is 26.9. The number of hydrogen-bond acceptors (Lipinski definition) is 5. The fourth-order valence-corrected chi connectivity index (χ4v) is 4.51. The molecule has 0 radical (unpaired) electrons. The third-order valence-corrected chi connectivity index (χ3v) is 6.08. The lowest BCUT2D eigenvalue weighted by Crippen LogP contribution is -2.49. The van der Waals surface area contributed by atoms with Gasteiger partial charge < -0.3 is 4.90 Å². The van der Waals surface area contributed by atoms with E-state index in [4.69, 9.17) is 0 Å². The fourth-order valence-electron chi connectivity index (χ4n) is 3.01. The molecule has 0 N–H and O–H groups in total. The van der Waals surface area contributed by atoms with Crippen molar-refractivity contribution in [2.24, 2.45) is 0 Å². The number of sulfonamides is 1. The number of aromatic nitrogens is 2. The van der Waals surface area contributed by atoms with Crippen molar-refractivity contribution in [1.29, 1.82) is 0 Å². The summed E-state index contributed by atoms with van der Waals surface area (Å²) in [7, 11) is -3.29. The lowest BCUT2D eigenvalue weighted by atomic mass is 10.2. The zero-order valence-corrected chi connectivity index (χ0v) is 14.8. The summed E-state index contributed by atoms with van der Waals surface area (Å²) in [5.41, 5.74) is 2.92. The molecule has 3 rings (SSSR count). The molecule has 1 aromatic heterocycles. The van der Waals surface area contributed by atoms with E-state index in [1.807, 2.05) is 38.1 Å². The van der Waals surface area contributed by atoms with Crippen molar-refractivity contribution in [3.8, 4) is 0 Å². The van der Waals surface area contributed by atoms with E-state index in [0.29, 0.717) is 26.2 Å². The molecule has 7 heteroatoms. The number of nitrogens with zero attached hydrogens (tertiary/aromatic N) is 4. The monoisotopic (exact) mass is 346 g/mol. The molecule has 128 valence electrons. The van der Waals surface area contributed by atoms with E-state index in [1.165, 1.54) is 6.33 Å². The van der Waals surface area contributed by atoms with E-state index >= 15 is 0 Å². The minimum absolute atomic E-state index is 0.0568. The number of anilines is 1. The summed E-state index contributed by atoms with van der Waals surface area (Å²) in [6.07, 6.45) is 3.31. The SMILES string of the molecule is Cc1cccc(CS(=O)(=O)N2CCN(c3ncncc3C)CC2)c1. The van der Waals surface area contributed by atoms with E-state index in [-0.39, 0.29) is 5.75 Å². The number of benzene rings is 1. The average Bonchev–Trinajstić information content (AvgIpc) is 2.55. The predicted molar refractivity (Wildman–Crippen MR) is 94.4 cm³/mol. The molecule has 0 aliphatic carbocycles. The summed E-state index contributed by atoms with van der Waals surface area (Å²) in [4.78, 5) is 10.4. The lowest BCUT2D eigenvalue weighted by Gasteiger charge is -2.35. The Balaban J connectivity index is 1.66. The highest BCUT2D eigenvalue weighted by Gasteiger charge is 2.28. The van der Waals surface area contributed by atoms with Crippen LogP contribution in [-0.4, -0.2) is 48.9 Å². The largest absolute Gasteiger partial charge is 0.354 e. The Morgan fingerprint density at radius 1 is 1.12 bits per heavy atom. The second-order valence-corrected chi connectivity index (χ2v) is 8.13. The maximum Gasteiger partial charge on any atom is 0.218 e. The van der Waals surface area contributed by atoms with E-state index in [1.54, 1.807) is 10.5 Å². The Morgan fingerprint density at radius 2 is 1.88 bits per heavy atom. The third kappa shape index (κ3) is 3.73. The normalized spacial score (nSPS) is 16.3. The highest BCUT2D eigenvalue weighted by molar-refractivity contribution is 7.88. The average molecular weight is 346 g/mol. The van der Waals surface area contributed by atoms with Crippen LogP contribution in [0.15, 0.2) is 36.8 Å². The Hall–Kier alpha value is -1.99. The number of hydrogen-bond donors (Lipinski definition) is 0. The standard InChI is InChI=1S/C17H22N4O2S/c1-14-4-3-5-16(10-14)12-24(22,23)21-8-6-20(7-9-21)17-15(2)11-18-13-19-17/h3-5,10-11,13H,6-9,12H2,1-2H3. The zero-order valence-electron chi connectivity index (χ0n) is 14.0. The van der Waals surface area contributed by atoms with Crippen molar-refractivity contribution in [2.45, 2.75) is 19.6 Å². The van der Waals surface area contributed by atoms with Crippen LogP contribution in [0.4, 0.5) is 5.82 Å². The van der Waals surface area contributed by atoms with Gasteiger partial charge in [0.25, 0.3) is 0 Å². The molecule has 0 amide bonds. The molecule has 1 saturated heterocycles. The zero-order chi connectivity index (χ0) is 17.2. The Bertz CT molecular complexity index is 815. The van der Waals surface area contributed by atoms with Crippen LogP contribution in [0.3, 0.4) is 0 Å². The summed E-state index contributed by atoms with van der Waals surface area (Å²) in [5.74, 6) is 0.946. The summed E-state index contributed by atoms with van der Waals surface area (Å²) in [6, 6.07) is 7.66. The van der Waals surface area contributed by atoms with Gasteiger partial charge in [-0.15, -0.1) is 0 Å². The van der Waals surface area contributed by atoms with Crippen molar-refractivity contribution in [1.82, 2.24) is 14.3 Å². The van der Waals surface area contributed by atoms with Gasteiger partial charge in [-0.2, -0.15) is 4.31 Å². The smallest absolute Gasteiger partial charge is 0.218 e. The first kappa shape index (κ1) is 16.9. The lowest BCUT2D eigenvalue weighted by molar-refractivity contribution is 0.383. The van der Waals surface area contributed by atoms with Crippen molar-refractivity contribution in [3.05, 3.63) is 53.5 Å². The summed E-state index contributed by atoms with van der Waals surface area (Å²) in [5, 5.41) is 0. The van der Waals surface area contributed by atoms with E-state index < -0.39 is 10.0 Å². The molecule has 1 fully saturated rings. The minimum atomic E-state index is -3.29. The van der Waals surface area contributed by atoms with Crippen LogP contribution in [0, 0.1) is 13.8 Å². The van der Waals surface area contributed by atoms with E-state index in [0.717, 1.165) is 22.5 Å². The Morgan fingerprint density at radius 3 is 2.54 bits per heavy atom. The molecule has 0 saturated carbocycles. The van der Waals surface area contributed by atoms with Gasteiger partial charge in [0, 0.05) is 37.9 Å². The van der Waals surface area contributed by atoms with Gasteiger partial charge in [0.1, 0.15) is 12.1 Å². The first-order valence-corrected chi connectivity index (χ1v) is 9.61. The Kier molecular flexibility index (Phi) is 4.82. The highest BCUT2D eigenvalue weighted by atomic mass is 32.2. The maximum absolute atomic E-state index is 12.7. The van der Waals surface area contributed by atoms with Crippen LogP contribution in [0.25, 0.3) is 0 Å². The molecule has 1 aliphatic rings. The number of aryl methyl sites for hydroxylation is 2. The second-order valence-electron chi connectivity index (χ2n) is 6.16. The van der Waals surface area contributed by atoms with Crippen LogP contribution in [0.2, 0.25) is 0 Å². The minimum Gasteiger partial charge on any atom is -0.354 e. The van der Waals surface area contributed by atoms with Crippen LogP contribution >= 0.6 is 0 Å². The third-order valence-electron chi connectivity index (χ3n) is 4.23. The summed E-state index contributed by atoms with van der Waals surface area (Å²) >= 11 is 0. The molecule has 6 nitrogen and oxygen atoms in total. The highest BCUT2D eigenvalue weighted by Crippen LogP contribution is 2.19. The molecule has 2 heterocycles. The van der Waals surface area contributed by atoms with Crippen molar-refractivity contribution >= 4 is 15.8 Å². The topological polar surface area (TPSA) is 66.4 Å². The first-order chi connectivity index (χ1) is 11.5. The van der Waals surface area contributed by atoms with Crippen molar-refractivity contribution < 1.29 is 8.42 Å². The van der Waals surface area contributed by atoms with Crippen LogP contribution in [0.1, 0.15) is 16.7 Å². The molecule has 0 spiro atoms.